The number of carbonyl (C=O) groups excluding carboxylic acids is 1. The number of nitrogen functional groups attached to an aromatic ring is 1. The highest BCUT2D eigenvalue weighted by Crippen LogP contribution is 2.46. The van der Waals surface area contributed by atoms with Gasteiger partial charge in [-0.2, -0.15) is 0 Å². The Balaban J connectivity index is 1.43. The van der Waals surface area contributed by atoms with E-state index < -0.39 is 37.3 Å². The number of carbonyl (C=O) groups is 1. The molecule has 204 valence electrons. The SMILES string of the molecule is Nc1ccc2[nH]c(C(=O)N3CC(CCl)c4c3cc(OC3OC(CO)C(O)[C@@H](O)C3O)c3ccccc43)cc2c1. The number of hydrogen-bond acceptors (Lipinski definition) is 8. The maximum absolute atomic E-state index is 13.8. The highest BCUT2D eigenvalue weighted by Gasteiger charge is 2.45. The van der Waals surface area contributed by atoms with Gasteiger partial charge >= 0.3 is 0 Å². The van der Waals surface area contributed by atoms with E-state index in [0.29, 0.717) is 34.7 Å². The average Bonchev–Trinajstić information content (AvgIpc) is 3.54. The summed E-state index contributed by atoms with van der Waals surface area (Å²) in [6.45, 7) is -0.228. The summed E-state index contributed by atoms with van der Waals surface area (Å²) >= 11 is 6.39. The average molecular weight is 554 g/mol. The van der Waals surface area contributed by atoms with Crippen LogP contribution in [0.15, 0.2) is 54.6 Å². The molecule has 1 fully saturated rings. The topological polar surface area (TPSA) is 162 Å². The van der Waals surface area contributed by atoms with Gasteiger partial charge in [-0.05, 0) is 35.2 Å². The lowest BCUT2D eigenvalue weighted by atomic mass is 9.95. The first-order valence-corrected chi connectivity index (χ1v) is 13.1. The molecule has 1 saturated heterocycles. The number of benzene rings is 3. The molecule has 1 aromatic heterocycles. The van der Waals surface area contributed by atoms with Crippen molar-refractivity contribution >= 4 is 50.6 Å². The third-order valence-electron chi connectivity index (χ3n) is 7.53. The summed E-state index contributed by atoms with van der Waals surface area (Å²) in [5.41, 5.74) is 9.18. The number of aliphatic hydroxyl groups is 4. The number of nitrogens with zero attached hydrogens (tertiary/aromatic N) is 1. The van der Waals surface area contributed by atoms with Gasteiger partial charge in [-0.3, -0.25) is 4.79 Å². The molecule has 11 heteroatoms. The Morgan fingerprint density at radius 2 is 1.85 bits per heavy atom. The largest absolute Gasteiger partial charge is 0.461 e. The van der Waals surface area contributed by atoms with Gasteiger partial charge in [0.25, 0.3) is 5.91 Å². The molecule has 6 rings (SSSR count). The van der Waals surface area contributed by atoms with E-state index in [1.807, 2.05) is 30.3 Å². The summed E-state index contributed by atoms with van der Waals surface area (Å²) in [5.74, 6) is 0.187. The number of nitrogens with two attached hydrogens (primary N) is 1. The number of hydrogen-bond donors (Lipinski definition) is 6. The zero-order chi connectivity index (χ0) is 27.4. The summed E-state index contributed by atoms with van der Waals surface area (Å²) in [6, 6.07) is 16.3. The zero-order valence-corrected chi connectivity index (χ0v) is 21.5. The molecule has 5 unspecified atom stereocenters. The maximum Gasteiger partial charge on any atom is 0.274 e. The Kier molecular flexibility index (Phi) is 6.62. The molecule has 6 atom stereocenters. The van der Waals surface area contributed by atoms with Gasteiger partial charge in [-0.1, -0.05) is 24.3 Å². The number of nitrogens with one attached hydrogen (secondary N) is 1. The molecule has 10 nitrogen and oxygen atoms in total. The Bertz CT molecular complexity index is 1560. The van der Waals surface area contributed by atoms with Crippen molar-refractivity contribution < 1.29 is 34.7 Å². The van der Waals surface area contributed by atoms with Crippen molar-refractivity contribution in [2.75, 3.05) is 29.7 Å². The number of aromatic nitrogens is 1. The predicted octanol–water partition coefficient (Wildman–Crippen LogP) is 2.06. The Morgan fingerprint density at radius 3 is 2.59 bits per heavy atom. The van der Waals surface area contributed by atoms with E-state index in [4.69, 9.17) is 26.8 Å². The highest BCUT2D eigenvalue weighted by molar-refractivity contribution is 6.19. The minimum atomic E-state index is -1.59. The number of H-pyrrole nitrogens is 1. The van der Waals surface area contributed by atoms with Gasteiger partial charge in [0.2, 0.25) is 6.29 Å². The fourth-order valence-corrected chi connectivity index (χ4v) is 5.78. The van der Waals surface area contributed by atoms with E-state index in [1.54, 1.807) is 29.2 Å². The molecular weight excluding hydrogens is 526 g/mol. The second-order valence-electron chi connectivity index (χ2n) is 9.96. The Hall–Kier alpha value is -3.38. The third kappa shape index (κ3) is 4.29. The van der Waals surface area contributed by atoms with Gasteiger partial charge in [0.05, 0.1) is 12.3 Å². The molecule has 0 saturated carbocycles. The van der Waals surface area contributed by atoms with Gasteiger partial charge in [0, 0.05) is 46.4 Å². The van der Waals surface area contributed by atoms with E-state index in [9.17, 15) is 25.2 Å². The van der Waals surface area contributed by atoms with Crippen LogP contribution >= 0.6 is 11.6 Å². The van der Waals surface area contributed by atoms with Crippen LogP contribution in [0.1, 0.15) is 22.0 Å². The predicted molar refractivity (Wildman–Crippen MR) is 146 cm³/mol. The minimum Gasteiger partial charge on any atom is -0.461 e. The molecule has 0 bridgehead atoms. The lowest BCUT2D eigenvalue weighted by Crippen LogP contribution is -2.60. The highest BCUT2D eigenvalue weighted by atomic mass is 35.5. The molecule has 7 N–H and O–H groups in total. The molecule has 39 heavy (non-hydrogen) atoms. The van der Waals surface area contributed by atoms with Gasteiger partial charge in [-0.25, -0.2) is 0 Å². The summed E-state index contributed by atoms with van der Waals surface area (Å²) in [4.78, 5) is 18.6. The second kappa shape index (κ2) is 9.98. The third-order valence-corrected chi connectivity index (χ3v) is 7.90. The number of ether oxygens (including phenoxy) is 2. The number of anilines is 2. The number of aromatic amines is 1. The van der Waals surface area contributed by atoms with E-state index >= 15 is 0 Å². The second-order valence-corrected chi connectivity index (χ2v) is 10.3. The summed E-state index contributed by atoms with van der Waals surface area (Å²) in [6.07, 6.45) is -7.18. The normalized spacial score (nSPS) is 26.7. The molecule has 1 amide bonds. The van der Waals surface area contributed by atoms with E-state index in [-0.39, 0.29) is 17.7 Å². The van der Waals surface area contributed by atoms with Crippen LogP contribution in [0.3, 0.4) is 0 Å². The lowest BCUT2D eigenvalue weighted by Gasteiger charge is -2.39. The molecule has 3 aromatic carbocycles. The molecule has 3 heterocycles. The monoisotopic (exact) mass is 553 g/mol. The van der Waals surface area contributed by atoms with Crippen molar-refractivity contribution in [1.82, 2.24) is 4.98 Å². The van der Waals surface area contributed by atoms with Gasteiger partial charge in [0.15, 0.2) is 0 Å². The standard InChI is InChI=1S/C28H28ClN3O7/c29-10-14-11-32(27(37)19-8-13-7-15(30)5-6-18(13)31-19)20-9-21(16-3-1-2-4-17(16)23(14)20)38-28-26(36)25(35)24(34)22(12-33)39-28/h1-9,14,22,24-26,28,31,33-36H,10-12,30H2/t14?,22?,24?,25-,26?,28?/m1/s1. The van der Waals surface area contributed by atoms with Crippen molar-refractivity contribution in [1.29, 1.82) is 0 Å². The first-order chi connectivity index (χ1) is 18.8. The molecule has 0 radical (unpaired) electrons. The van der Waals surface area contributed by atoms with Gasteiger partial charge < -0.3 is 45.5 Å². The number of aliphatic hydroxyl groups excluding tert-OH is 4. The molecule has 0 spiro atoms. The fraction of sp³-hybridized carbons (Fsp3) is 0.321. The van der Waals surface area contributed by atoms with Gasteiger partial charge in [-0.15, -0.1) is 11.6 Å². The summed E-state index contributed by atoms with van der Waals surface area (Å²) < 4.78 is 11.7. The van der Waals surface area contributed by atoms with E-state index in [0.717, 1.165) is 21.9 Å². The molecule has 0 aliphatic carbocycles. The van der Waals surface area contributed by atoms with Crippen molar-refractivity contribution in [2.45, 2.75) is 36.6 Å². The van der Waals surface area contributed by atoms with Crippen LogP contribution in [0.25, 0.3) is 21.7 Å². The summed E-state index contributed by atoms with van der Waals surface area (Å²) in [5, 5.41) is 42.9. The van der Waals surface area contributed by atoms with Crippen LogP contribution in [0.5, 0.6) is 5.75 Å². The Morgan fingerprint density at radius 1 is 1.08 bits per heavy atom. The van der Waals surface area contributed by atoms with Crippen LogP contribution in [0.4, 0.5) is 11.4 Å². The van der Waals surface area contributed by atoms with E-state index in [1.165, 1.54) is 0 Å². The molecular formula is C28H28ClN3O7. The number of halogens is 1. The van der Waals surface area contributed by atoms with Crippen molar-refractivity contribution in [3.63, 3.8) is 0 Å². The van der Waals surface area contributed by atoms with Crippen LogP contribution in [-0.2, 0) is 4.74 Å². The van der Waals surface area contributed by atoms with Gasteiger partial charge in [0.1, 0.15) is 35.9 Å². The van der Waals surface area contributed by atoms with Crippen LogP contribution in [-0.4, -0.2) is 81.1 Å². The smallest absolute Gasteiger partial charge is 0.274 e. The van der Waals surface area contributed by atoms with Crippen LogP contribution in [0, 0.1) is 0 Å². The Labute approximate surface area is 228 Å². The molecule has 2 aliphatic rings. The number of fused-ring (bicyclic) bond motifs is 4. The zero-order valence-electron chi connectivity index (χ0n) is 20.7. The minimum absolute atomic E-state index is 0.142. The first-order valence-electron chi connectivity index (χ1n) is 12.6. The fourth-order valence-electron chi connectivity index (χ4n) is 5.53. The first kappa shape index (κ1) is 25.9. The maximum atomic E-state index is 13.8. The molecule has 2 aliphatic heterocycles. The van der Waals surface area contributed by atoms with Crippen molar-refractivity contribution in [2.24, 2.45) is 0 Å². The van der Waals surface area contributed by atoms with Crippen LogP contribution in [0.2, 0.25) is 0 Å². The molecule has 4 aromatic rings. The van der Waals surface area contributed by atoms with Crippen molar-refractivity contribution in [3.8, 4) is 5.75 Å². The quantitative estimate of drug-likeness (QED) is 0.162. The number of amides is 1. The summed E-state index contributed by atoms with van der Waals surface area (Å²) in [7, 11) is 0. The number of rotatable bonds is 5. The van der Waals surface area contributed by atoms with E-state index in [2.05, 4.69) is 4.98 Å². The number of alkyl halides is 1. The lowest BCUT2D eigenvalue weighted by molar-refractivity contribution is -0.277. The van der Waals surface area contributed by atoms with Crippen LogP contribution < -0.4 is 15.4 Å². The van der Waals surface area contributed by atoms with Crippen molar-refractivity contribution in [3.05, 3.63) is 65.9 Å².